The van der Waals surface area contributed by atoms with Gasteiger partial charge in [0.2, 0.25) is 5.91 Å². The summed E-state index contributed by atoms with van der Waals surface area (Å²) in [5, 5.41) is 3.22. The Morgan fingerprint density at radius 2 is 1.76 bits per heavy atom. The fourth-order valence-corrected chi connectivity index (χ4v) is 3.85. The molecule has 0 radical (unpaired) electrons. The van der Waals surface area contributed by atoms with Crippen molar-refractivity contribution in [3.63, 3.8) is 0 Å². The highest BCUT2D eigenvalue weighted by molar-refractivity contribution is 5.98. The first kappa shape index (κ1) is 22.5. The van der Waals surface area contributed by atoms with Gasteiger partial charge >= 0.3 is 0 Å². The topological polar surface area (TPSA) is 41.5 Å². The summed E-state index contributed by atoms with van der Waals surface area (Å²) in [7, 11) is 0. The molecule has 2 aromatic carbocycles. The second-order valence-electron chi connectivity index (χ2n) is 9.08. The van der Waals surface area contributed by atoms with Crippen molar-refractivity contribution >= 4 is 24.4 Å². The number of nitrogens with one attached hydrogen (secondary N) is 1. The minimum Gasteiger partial charge on any atom is -0.347 e. The molecule has 29 heavy (non-hydrogen) atoms. The molecule has 0 aliphatic carbocycles. The predicted molar refractivity (Wildman–Crippen MR) is 120 cm³/mol. The first-order valence-corrected chi connectivity index (χ1v) is 9.83. The Labute approximate surface area is 173 Å². The van der Waals surface area contributed by atoms with Gasteiger partial charge in [-0.05, 0) is 56.5 Å². The lowest BCUT2D eigenvalue weighted by atomic mass is 9.77. The summed E-state index contributed by atoms with van der Waals surface area (Å²) >= 11 is 0. The minimum absolute atomic E-state index is 0.0386. The van der Waals surface area contributed by atoms with Gasteiger partial charge in [-0.15, -0.1) is 0 Å². The number of benzene rings is 2. The lowest BCUT2D eigenvalue weighted by Crippen LogP contribution is -2.50. The van der Waals surface area contributed by atoms with Crippen molar-refractivity contribution in [3.05, 3.63) is 71.0 Å². The number of hydrogen-bond donors (Lipinski definition) is 1. The maximum atomic E-state index is 13.9. The van der Waals surface area contributed by atoms with Crippen molar-refractivity contribution in [2.75, 3.05) is 0 Å². The number of hydrogen-bond acceptors (Lipinski definition) is 2. The molecule has 0 saturated heterocycles. The summed E-state index contributed by atoms with van der Waals surface area (Å²) < 4.78 is 13.9. The molecular weight excluding hydrogens is 363 g/mol. The van der Waals surface area contributed by atoms with Gasteiger partial charge in [0, 0.05) is 16.7 Å². The number of carbonyl (C=O) groups is 1. The number of para-hydroxylation sites is 1. The van der Waals surface area contributed by atoms with Crippen LogP contribution < -0.4 is 5.32 Å². The van der Waals surface area contributed by atoms with Crippen LogP contribution in [-0.2, 0) is 11.2 Å². The summed E-state index contributed by atoms with van der Waals surface area (Å²) in [6.07, 6.45) is 3.19. The Kier molecular flexibility index (Phi) is 7.12. The van der Waals surface area contributed by atoms with Crippen LogP contribution in [0, 0.1) is 11.2 Å². The van der Waals surface area contributed by atoms with Crippen molar-refractivity contribution in [1.82, 2.24) is 5.32 Å². The number of carbonyl (C=O) groups excluding carboxylic acids is 1. The molecule has 0 aliphatic rings. The molecule has 0 aliphatic heterocycles. The minimum atomic E-state index is -0.455. The van der Waals surface area contributed by atoms with E-state index in [1.165, 1.54) is 11.6 Å². The van der Waals surface area contributed by atoms with Gasteiger partial charge in [-0.3, -0.25) is 9.79 Å². The highest BCUT2D eigenvalue weighted by atomic mass is 19.1. The third-order valence-corrected chi connectivity index (χ3v) is 4.68. The van der Waals surface area contributed by atoms with Crippen molar-refractivity contribution in [3.8, 4) is 0 Å². The van der Waals surface area contributed by atoms with E-state index in [4.69, 9.17) is 0 Å². The van der Waals surface area contributed by atoms with E-state index in [0.717, 1.165) is 12.8 Å². The van der Waals surface area contributed by atoms with E-state index in [2.05, 4.69) is 56.9 Å². The van der Waals surface area contributed by atoms with Crippen molar-refractivity contribution in [2.24, 2.45) is 10.4 Å². The fraction of sp³-hybridized carbons (Fsp3) is 0.360. The molecule has 1 N–H and O–H groups in total. The number of halogens is 1. The van der Waals surface area contributed by atoms with Crippen molar-refractivity contribution in [1.29, 1.82) is 0 Å². The highest BCUT2D eigenvalue weighted by Gasteiger charge is 2.32. The van der Waals surface area contributed by atoms with Crippen LogP contribution in [0.4, 0.5) is 10.1 Å². The van der Waals surface area contributed by atoms with Crippen LogP contribution in [-0.4, -0.2) is 18.2 Å². The number of rotatable bonds is 7. The molecule has 0 fully saturated rings. The smallest absolute Gasteiger partial charge is 0.247 e. The Hall–Kier alpha value is -2.75. The van der Waals surface area contributed by atoms with E-state index in [-0.39, 0.29) is 17.0 Å². The summed E-state index contributed by atoms with van der Waals surface area (Å²) in [4.78, 5) is 16.8. The van der Waals surface area contributed by atoms with Gasteiger partial charge in [0.25, 0.3) is 0 Å². The molecule has 1 unspecified atom stereocenters. The monoisotopic (exact) mass is 394 g/mol. The van der Waals surface area contributed by atoms with Gasteiger partial charge in [-0.1, -0.05) is 63.2 Å². The average molecular weight is 395 g/mol. The van der Waals surface area contributed by atoms with Gasteiger partial charge in [0.1, 0.15) is 11.5 Å². The Balaban J connectivity index is 2.29. The number of nitrogens with zero attached hydrogens (tertiary/aromatic N) is 1. The van der Waals surface area contributed by atoms with Gasteiger partial charge in [0.05, 0.1) is 0 Å². The van der Waals surface area contributed by atoms with E-state index in [9.17, 15) is 9.18 Å². The lowest BCUT2D eigenvalue weighted by Gasteiger charge is -2.37. The summed E-state index contributed by atoms with van der Waals surface area (Å²) in [6, 6.07) is 14.8. The van der Waals surface area contributed by atoms with Crippen LogP contribution in [0.1, 0.15) is 52.2 Å². The zero-order chi connectivity index (χ0) is 21.7. The predicted octanol–water partition coefficient (Wildman–Crippen LogP) is 6.11. The largest absolute Gasteiger partial charge is 0.347 e. The van der Waals surface area contributed by atoms with Crippen LogP contribution in [0.15, 0.2) is 59.1 Å². The molecule has 1 atom stereocenters. The maximum Gasteiger partial charge on any atom is 0.247 e. The Morgan fingerprint density at radius 1 is 1.10 bits per heavy atom. The van der Waals surface area contributed by atoms with Gasteiger partial charge in [0.15, 0.2) is 0 Å². The van der Waals surface area contributed by atoms with E-state index in [0.29, 0.717) is 11.1 Å². The third-order valence-electron chi connectivity index (χ3n) is 4.68. The maximum absolute atomic E-state index is 13.9. The molecule has 0 spiro atoms. The Morgan fingerprint density at radius 3 is 2.34 bits per heavy atom. The first-order valence-electron chi connectivity index (χ1n) is 9.83. The fourth-order valence-electron chi connectivity index (χ4n) is 3.85. The van der Waals surface area contributed by atoms with Crippen LogP contribution in [0.2, 0.25) is 0 Å². The molecule has 0 aromatic heterocycles. The molecule has 154 valence electrons. The molecule has 0 saturated carbocycles. The van der Waals surface area contributed by atoms with Crippen molar-refractivity contribution in [2.45, 2.75) is 53.0 Å². The molecule has 3 nitrogen and oxygen atoms in total. The normalized spacial score (nSPS) is 14.2. The van der Waals surface area contributed by atoms with E-state index in [1.807, 2.05) is 18.2 Å². The van der Waals surface area contributed by atoms with Gasteiger partial charge in [-0.2, -0.15) is 0 Å². The third kappa shape index (κ3) is 6.67. The summed E-state index contributed by atoms with van der Waals surface area (Å²) in [5.41, 5.74) is 1.97. The summed E-state index contributed by atoms with van der Waals surface area (Å²) in [6.45, 7) is 13.7. The van der Waals surface area contributed by atoms with Gasteiger partial charge in [-0.25, -0.2) is 4.39 Å². The second-order valence-corrected chi connectivity index (χ2v) is 9.08. The standard InChI is InChI=1S/C25H31FN2O/c1-18(15-20-13-10-14-21(26)22(20)27-6)23(29)28-25(5,17-24(2,3)4)16-19-11-8-7-9-12-19/h7-15H,6,16-17H2,1-5H3,(H,28,29)/b18-15+. The highest BCUT2D eigenvalue weighted by Crippen LogP contribution is 2.30. The van der Waals surface area contributed by atoms with Crippen molar-refractivity contribution < 1.29 is 9.18 Å². The first-order chi connectivity index (χ1) is 13.5. The van der Waals surface area contributed by atoms with Crippen LogP contribution in [0.3, 0.4) is 0 Å². The lowest BCUT2D eigenvalue weighted by molar-refractivity contribution is -0.119. The van der Waals surface area contributed by atoms with Crippen LogP contribution in [0.25, 0.3) is 6.08 Å². The van der Waals surface area contributed by atoms with E-state index >= 15 is 0 Å². The molecule has 4 heteroatoms. The SMILES string of the molecule is C=Nc1c(F)cccc1/C=C(\C)C(=O)NC(C)(Cc1ccccc1)CC(C)(C)C. The average Bonchev–Trinajstić information content (AvgIpc) is 2.60. The second kappa shape index (κ2) is 9.17. The molecular formula is C25H31FN2O. The summed E-state index contributed by atoms with van der Waals surface area (Å²) in [5.74, 6) is -0.629. The molecule has 2 aromatic rings. The molecule has 1 amide bonds. The van der Waals surface area contributed by atoms with Gasteiger partial charge < -0.3 is 5.32 Å². The number of aliphatic imine (C=N–C) groups is 1. The molecule has 2 rings (SSSR count). The molecule has 0 heterocycles. The Bertz CT molecular complexity index is 897. The quantitative estimate of drug-likeness (QED) is 0.446. The van der Waals surface area contributed by atoms with E-state index < -0.39 is 11.4 Å². The zero-order valence-electron chi connectivity index (χ0n) is 18.1. The van der Waals surface area contributed by atoms with Crippen LogP contribution in [0.5, 0.6) is 0 Å². The van der Waals surface area contributed by atoms with E-state index in [1.54, 1.807) is 25.1 Å². The number of amides is 1. The molecule has 0 bridgehead atoms. The van der Waals surface area contributed by atoms with Crippen LogP contribution >= 0.6 is 0 Å². The zero-order valence-corrected chi connectivity index (χ0v) is 18.1.